The molecule has 0 aromatic carbocycles. The highest BCUT2D eigenvalue weighted by molar-refractivity contribution is 5.28. The van der Waals surface area contributed by atoms with E-state index in [-0.39, 0.29) is 5.82 Å². The third-order valence-corrected chi connectivity index (χ3v) is 2.21. The van der Waals surface area contributed by atoms with Crippen molar-refractivity contribution in [2.45, 2.75) is 33.1 Å². The van der Waals surface area contributed by atoms with Gasteiger partial charge in [0.15, 0.2) is 0 Å². The van der Waals surface area contributed by atoms with Crippen LogP contribution in [0.1, 0.15) is 33.1 Å². The predicted octanol–water partition coefficient (Wildman–Crippen LogP) is 0.696. The van der Waals surface area contributed by atoms with Crippen molar-refractivity contribution in [2.75, 3.05) is 11.9 Å². The molecule has 0 bridgehead atoms. The summed E-state index contributed by atoms with van der Waals surface area (Å²) in [6, 6.07) is 0. The lowest BCUT2D eigenvalue weighted by Crippen LogP contribution is -2.27. The van der Waals surface area contributed by atoms with Crippen LogP contribution in [0.15, 0.2) is 9.59 Å². The molecule has 0 amide bonds. The van der Waals surface area contributed by atoms with Gasteiger partial charge in [0, 0.05) is 6.54 Å². The molecule has 0 aliphatic heterocycles. The van der Waals surface area contributed by atoms with E-state index in [0.717, 1.165) is 12.8 Å². The van der Waals surface area contributed by atoms with Gasteiger partial charge in [-0.25, -0.2) is 9.89 Å². The van der Waals surface area contributed by atoms with Gasteiger partial charge in [0.1, 0.15) is 0 Å². The molecule has 1 aromatic rings. The molecule has 16 heavy (non-hydrogen) atoms. The van der Waals surface area contributed by atoms with E-state index in [2.05, 4.69) is 34.3 Å². The lowest BCUT2D eigenvalue weighted by atomic mass is 10.1. The van der Waals surface area contributed by atoms with Gasteiger partial charge in [0.2, 0.25) is 5.82 Å². The third kappa shape index (κ3) is 4.29. The second kappa shape index (κ2) is 6.09. The van der Waals surface area contributed by atoms with E-state index < -0.39 is 11.2 Å². The molecule has 1 aromatic heterocycles. The van der Waals surface area contributed by atoms with Crippen LogP contribution < -0.4 is 16.6 Å². The van der Waals surface area contributed by atoms with Gasteiger partial charge < -0.3 is 5.32 Å². The van der Waals surface area contributed by atoms with Gasteiger partial charge in [-0.2, -0.15) is 0 Å². The number of anilines is 1. The summed E-state index contributed by atoms with van der Waals surface area (Å²) < 4.78 is 0. The summed E-state index contributed by atoms with van der Waals surface area (Å²) >= 11 is 0. The van der Waals surface area contributed by atoms with Gasteiger partial charge in [0.05, 0.1) is 0 Å². The number of aromatic nitrogens is 3. The highest BCUT2D eigenvalue weighted by Gasteiger charge is 2.00. The van der Waals surface area contributed by atoms with Gasteiger partial charge in [0.25, 0.3) is 5.56 Å². The number of hydrogen-bond donors (Lipinski definition) is 3. The number of H-pyrrole nitrogens is 2. The molecule has 0 atom stereocenters. The van der Waals surface area contributed by atoms with Crippen molar-refractivity contribution < 1.29 is 0 Å². The first-order valence-corrected chi connectivity index (χ1v) is 5.52. The van der Waals surface area contributed by atoms with Gasteiger partial charge >= 0.3 is 5.69 Å². The average Bonchev–Trinajstić information content (AvgIpc) is 2.20. The summed E-state index contributed by atoms with van der Waals surface area (Å²) in [6.45, 7) is 5.05. The van der Waals surface area contributed by atoms with Crippen LogP contribution in [0.2, 0.25) is 0 Å². The van der Waals surface area contributed by atoms with Crippen molar-refractivity contribution in [3.8, 4) is 0 Å². The van der Waals surface area contributed by atoms with Crippen molar-refractivity contribution in [1.29, 1.82) is 0 Å². The molecule has 1 rings (SSSR count). The molecule has 0 unspecified atom stereocenters. The number of aromatic amines is 2. The molecule has 3 N–H and O–H groups in total. The number of unbranched alkanes of at least 4 members (excludes halogenated alkanes) is 1. The van der Waals surface area contributed by atoms with Crippen LogP contribution in [-0.4, -0.2) is 21.7 Å². The number of rotatable bonds is 6. The highest BCUT2D eigenvalue weighted by Crippen LogP contribution is 2.05. The summed E-state index contributed by atoms with van der Waals surface area (Å²) in [6.07, 6.45) is 3.28. The Morgan fingerprint density at radius 2 is 2.06 bits per heavy atom. The van der Waals surface area contributed by atoms with Crippen LogP contribution in [0.25, 0.3) is 0 Å². The lowest BCUT2D eigenvalue weighted by molar-refractivity contribution is 0.544. The van der Waals surface area contributed by atoms with E-state index in [1.54, 1.807) is 0 Å². The monoisotopic (exact) mass is 226 g/mol. The fourth-order valence-electron chi connectivity index (χ4n) is 1.35. The quantitative estimate of drug-likeness (QED) is 0.623. The zero-order chi connectivity index (χ0) is 12.0. The Hall–Kier alpha value is -1.59. The molecule has 0 saturated heterocycles. The Balaban J connectivity index is 2.32. The van der Waals surface area contributed by atoms with Crippen LogP contribution in [0, 0.1) is 5.92 Å². The largest absolute Gasteiger partial charge is 0.364 e. The maximum Gasteiger partial charge on any atom is 0.342 e. The topological polar surface area (TPSA) is 90.6 Å². The molecular formula is C10H18N4O2. The maximum absolute atomic E-state index is 11.2. The average molecular weight is 226 g/mol. The van der Waals surface area contributed by atoms with Crippen LogP contribution in [-0.2, 0) is 0 Å². The minimum absolute atomic E-state index is 0.171. The standard InChI is InChI=1S/C10H18N4O2/c1-7(2)5-3-4-6-11-8-9(15)12-10(16)14-13-8/h7H,3-6H2,1-2H3,(H,11,13)(H2,12,14,15,16). The summed E-state index contributed by atoms with van der Waals surface area (Å²) in [5, 5.41) is 8.68. The van der Waals surface area contributed by atoms with Gasteiger partial charge in [-0.3, -0.25) is 9.78 Å². The van der Waals surface area contributed by atoms with E-state index in [9.17, 15) is 9.59 Å². The second-order valence-electron chi connectivity index (χ2n) is 4.17. The van der Waals surface area contributed by atoms with E-state index in [0.29, 0.717) is 12.5 Å². The predicted molar refractivity (Wildman–Crippen MR) is 62.7 cm³/mol. The smallest absolute Gasteiger partial charge is 0.342 e. The highest BCUT2D eigenvalue weighted by atomic mass is 16.2. The number of hydrogen-bond acceptors (Lipinski definition) is 4. The van der Waals surface area contributed by atoms with Gasteiger partial charge in [-0.1, -0.05) is 26.7 Å². The maximum atomic E-state index is 11.2. The molecule has 0 aliphatic carbocycles. The molecule has 90 valence electrons. The summed E-state index contributed by atoms with van der Waals surface area (Å²) in [4.78, 5) is 24.0. The first-order valence-electron chi connectivity index (χ1n) is 5.52. The van der Waals surface area contributed by atoms with E-state index in [1.165, 1.54) is 6.42 Å². The molecule has 6 heteroatoms. The number of nitrogens with one attached hydrogen (secondary N) is 3. The minimum Gasteiger partial charge on any atom is -0.364 e. The number of nitrogens with zero attached hydrogens (tertiary/aromatic N) is 1. The molecule has 0 aliphatic rings. The van der Waals surface area contributed by atoms with Crippen LogP contribution >= 0.6 is 0 Å². The van der Waals surface area contributed by atoms with Crippen LogP contribution in [0.5, 0.6) is 0 Å². The molecule has 0 radical (unpaired) electrons. The Labute approximate surface area is 93.5 Å². The van der Waals surface area contributed by atoms with Gasteiger partial charge in [-0.15, -0.1) is 5.10 Å². The Morgan fingerprint density at radius 1 is 1.31 bits per heavy atom. The fraction of sp³-hybridized carbons (Fsp3) is 0.700. The van der Waals surface area contributed by atoms with Crippen molar-refractivity contribution in [1.82, 2.24) is 15.2 Å². The summed E-state index contributed by atoms with van der Waals surface area (Å²) in [5.74, 6) is 0.874. The van der Waals surface area contributed by atoms with Crippen LogP contribution in [0.4, 0.5) is 5.82 Å². The first-order chi connectivity index (χ1) is 7.59. The van der Waals surface area contributed by atoms with Gasteiger partial charge in [-0.05, 0) is 12.3 Å². The van der Waals surface area contributed by atoms with Crippen LogP contribution in [0.3, 0.4) is 0 Å². The fourth-order valence-corrected chi connectivity index (χ4v) is 1.35. The summed E-state index contributed by atoms with van der Waals surface area (Å²) in [7, 11) is 0. The first kappa shape index (κ1) is 12.5. The van der Waals surface area contributed by atoms with Crippen molar-refractivity contribution >= 4 is 5.82 Å². The molecule has 1 heterocycles. The summed E-state index contributed by atoms with van der Waals surface area (Å²) in [5.41, 5.74) is -1.07. The molecule has 0 spiro atoms. The zero-order valence-electron chi connectivity index (χ0n) is 9.67. The third-order valence-electron chi connectivity index (χ3n) is 2.21. The molecule has 6 nitrogen and oxygen atoms in total. The Morgan fingerprint density at radius 3 is 2.69 bits per heavy atom. The van der Waals surface area contributed by atoms with Crippen molar-refractivity contribution in [2.24, 2.45) is 5.92 Å². The van der Waals surface area contributed by atoms with Crippen molar-refractivity contribution in [3.05, 3.63) is 20.8 Å². The van der Waals surface area contributed by atoms with Crippen molar-refractivity contribution in [3.63, 3.8) is 0 Å². The van der Waals surface area contributed by atoms with E-state index >= 15 is 0 Å². The zero-order valence-corrected chi connectivity index (χ0v) is 9.67. The Kier molecular flexibility index (Phi) is 4.75. The van der Waals surface area contributed by atoms with E-state index in [1.807, 2.05) is 0 Å². The lowest BCUT2D eigenvalue weighted by Gasteiger charge is -2.05. The molecular weight excluding hydrogens is 208 g/mol. The molecule has 0 fully saturated rings. The normalized spacial score (nSPS) is 10.7. The van der Waals surface area contributed by atoms with E-state index in [4.69, 9.17) is 0 Å². The molecule has 0 saturated carbocycles. The SMILES string of the molecule is CC(C)CCCCNc1n[nH]c(=O)[nH]c1=O. The second-order valence-corrected chi connectivity index (χ2v) is 4.17. The Bertz CT molecular complexity index is 421. The minimum atomic E-state index is -0.588.